The van der Waals surface area contributed by atoms with Crippen LogP contribution in [0.25, 0.3) is 0 Å². The van der Waals surface area contributed by atoms with Gasteiger partial charge in [-0.1, -0.05) is 28.1 Å². The molecule has 1 N–H and O–H groups in total. The van der Waals surface area contributed by atoms with Crippen molar-refractivity contribution in [1.29, 1.82) is 0 Å². The first-order chi connectivity index (χ1) is 9.61. The lowest BCUT2D eigenvalue weighted by molar-refractivity contribution is 0.341. The Labute approximate surface area is 127 Å². The summed E-state index contributed by atoms with van der Waals surface area (Å²) >= 11 is 3.37. The number of benzene rings is 2. The van der Waals surface area contributed by atoms with Crippen molar-refractivity contribution in [3.63, 3.8) is 0 Å². The Morgan fingerprint density at radius 3 is 2.75 bits per heavy atom. The van der Waals surface area contributed by atoms with Crippen molar-refractivity contribution in [3.8, 4) is 5.75 Å². The van der Waals surface area contributed by atoms with Gasteiger partial charge in [0.1, 0.15) is 11.6 Å². The minimum atomic E-state index is -0.220. The fourth-order valence-electron chi connectivity index (χ4n) is 2.02. The molecule has 0 bridgehead atoms. The molecule has 2 rings (SSSR count). The summed E-state index contributed by atoms with van der Waals surface area (Å²) in [4.78, 5) is 0. The molecule has 0 heterocycles. The maximum atomic E-state index is 13.9. The average molecular weight is 338 g/mol. The van der Waals surface area contributed by atoms with Crippen LogP contribution < -0.4 is 10.1 Å². The molecule has 0 fully saturated rings. The average Bonchev–Trinajstić information content (AvgIpc) is 2.44. The van der Waals surface area contributed by atoms with Crippen molar-refractivity contribution < 1.29 is 9.13 Å². The number of rotatable bonds is 5. The first kappa shape index (κ1) is 14.9. The zero-order chi connectivity index (χ0) is 14.5. The van der Waals surface area contributed by atoms with E-state index in [2.05, 4.69) is 21.2 Å². The second-order valence-corrected chi connectivity index (χ2v) is 5.38. The molecule has 1 atom stereocenters. The van der Waals surface area contributed by atoms with Gasteiger partial charge >= 0.3 is 0 Å². The van der Waals surface area contributed by atoms with Gasteiger partial charge in [-0.25, -0.2) is 4.39 Å². The number of hydrogen-bond donors (Lipinski definition) is 1. The third-order valence-corrected chi connectivity index (χ3v) is 3.48. The van der Waals surface area contributed by atoms with Crippen molar-refractivity contribution in [2.45, 2.75) is 19.9 Å². The Morgan fingerprint density at radius 1 is 1.25 bits per heavy atom. The van der Waals surface area contributed by atoms with E-state index in [1.807, 2.05) is 38.1 Å². The maximum absolute atomic E-state index is 13.9. The van der Waals surface area contributed by atoms with Gasteiger partial charge in [-0.3, -0.25) is 0 Å². The van der Waals surface area contributed by atoms with Crippen LogP contribution in [0.2, 0.25) is 0 Å². The van der Waals surface area contributed by atoms with E-state index >= 15 is 0 Å². The van der Waals surface area contributed by atoms with E-state index in [4.69, 9.17) is 4.74 Å². The number of halogens is 2. The van der Waals surface area contributed by atoms with Crippen LogP contribution in [0.15, 0.2) is 46.9 Å². The lowest BCUT2D eigenvalue weighted by Gasteiger charge is -2.19. The summed E-state index contributed by atoms with van der Waals surface area (Å²) < 4.78 is 20.3. The normalized spacial score (nSPS) is 12.0. The van der Waals surface area contributed by atoms with Crippen LogP contribution in [-0.2, 0) is 0 Å². The highest BCUT2D eigenvalue weighted by Crippen LogP contribution is 2.29. The van der Waals surface area contributed by atoms with Crippen LogP contribution in [0.5, 0.6) is 5.75 Å². The number of anilines is 1. The summed E-state index contributed by atoms with van der Waals surface area (Å²) in [5.74, 6) is 0.555. The number of hydrogen-bond acceptors (Lipinski definition) is 2. The highest BCUT2D eigenvalue weighted by atomic mass is 79.9. The fraction of sp³-hybridized carbons (Fsp3) is 0.250. The molecule has 4 heteroatoms. The Kier molecular flexibility index (Phi) is 5.01. The largest absolute Gasteiger partial charge is 0.492 e. The molecule has 0 spiro atoms. The molecule has 106 valence electrons. The van der Waals surface area contributed by atoms with E-state index in [0.717, 1.165) is 15.9 Å². The van der Waals surface area contributed by atoms with Crippen molar-refractivity contribution in [2.24, 2.45) is 0 Å². The maximum Gasteiger partial charge on any atom is 0.142 e. The van der Waals surface area contributed by atoms with Crippen molar-refractivity contribution in [3.05, 3.63) is 58.3 Å². The second-order valence-electron chi connectivity index (χ2n) is 4.46. The summed E-state index contributed by atoms with van der Waals surface area (Å²) in [5.41, 5.74) is 1.48. The number of ether oxygens (including phenoxy) is 1. The van der Waals surface area contributed by atoms with Crippen LogP contribution >= 0.6 is 15.9 Å². The molecule has 0 aliphatic rings. The summed E-state index contributed by atoms with van der Waals surface area (Å²) in [7, 11) is 0. The summed E-state index contributed by atoms with van der Waals surface area (Å²) in [6.07, 6.45) is 0. The molecule has 0 aliphatic carbocycles. The molecular weight excluding hydrogens is 321 g/mol. The number of para-hydroxylation sites is 2. The molecule has 0 saturated heterocycles. The van der Waals surface area contributed by atoms with Crippen molar-refractivity contribution in [1.82, 2.24) is 0 Å². The molecule has 1 unspecified atom stereocenters. The van der Waals surface area contributed by atoms with E-state index in [-0.39, 0.29) is 11.9 Å². The Morgan fingerprint density at radius 2 is 2.00 bits per heavy atom. The van der Waals surface area contributed by atoms with E-state index in [0.29, 0.717) is 12.2 Å². The van der Waals surface area contributed by atoms with Crippen molar-refractivity contribution >= 4 is 21.6 Å². The van der Waals surface area contributed by atoms with Crippen molar-refractivity contribution in [2.75, 3.05) is 11.9 Å². The highest BCUT2D eigenvalue weighted by Gasteiger charge is 2.13. The Balaban J connectivity index is 2.23. The van der Waals surface area contributed by atoms with Crippen LogP contribution in [0.3, 0.4) is 0 Å². The van der Waals surface area contributed by atoms with Gasteiger partial charge in [0.2, 0.25) is 0 Å². The van der Waals surface area contributed by atoms with Gasteiger partial charge in [-0.15, -0.1) is 0 Å². The van der Waals surface area contributed by atoms with E-state index in [9.17, 15) is 4.39 Å². The SMILES string of the molecule is CCOc1ccccc1NC(C)c1cc(Br)ccc1F. The van der Waals surface area contributed by atoms with Gasteiger partial charge in [-0.2, -0.15) is 0 Å². The minimum absolute atomic E-state index is 0.158. The summed E-state index contributed by atoms with van der Waals surface area (Å²) in [6.45, 7) is 4.46. The van der Waals surface area contributed by atoms with Crippen LogP contribution in [0.4, 0.5) is 10.1 Å². The van der Waals surface area contributed by atoms with Crippen LogP contribution in [-0.4, -0.2) is 6.61 Å². The monoisotopic (exact) mass is 337 g/mol. The van der Waals surface area contributed by atoms with Gasteiger partial charge in [-0.05, 0) is 44.2 Å². The van der Waals surface area contributed by atoms with Gasteiger partial charge in [0.25, 0.3) is 0 Å². The molecular formula is C16H17BrFNO. The fourth-order valence-corrected chi connectivity index (χ4v) is 2.40. The van der Waals surface area contributed by atoms with E-state index in [1.165, 1.54) is 6.07 Å². The van der Waals surface area contributed by atoms with E-state index in [1.54, 1.807) is 12.1 Å². The molecule has 0 amide bonds. The molecule has 0 radical (unpaired) electrons. The second kappa shape index (κ2) is 6.75. The Hall–Kier alpha value is -1.55. The molecule has 0 aliphatic heterocycles. The van der Waals surface area contributed by atoms with Gasteiger partial charge in [0, 0.05) is 10.0 Å². The Bertz CT molecular complexity index is 588. The smallest absolute Gasteiger partial charge is 0.142 e. The van der Waals surface area contributed by atoms with Gasteiger partial charge in [0.05, 0.1) is 18.3 Å². The van der Waals surface area contributed by atoms with E-state index < -0.39 is 0 Å². The molecule has 2 aromatic carbocycles. The van der Waals surface area contributed by atoms with Crippen LogP contribution in [0.1, 0.15) is 25.5 Å². The predicted octanol–water partition coefficient (Wildman–Crippen LogP) is 5.16. The summed E-state index contributed by atoms with van der Waals surface area (Å²) in [6, 6.07) is 12.5. The molecule has 20 heavy (non-hydrogen) atoms. The summed E-state index contributed by atoms with van der Waals surface area (Å²) in [5, 5.41) is 3.29. The quantitative estimate of drug-likeness (QED) is 0.813. The first-order valence-corrected chi connectivity index (χ1v) is 7.34. The van der Waals surface area contributed by atoms with Gasteiger partial charge < -0.3 is 10.1 Å². The minimum Gasteiger partial charge on any atom is -0.492 e. The molecule has 0 aromatic heterocycles. The lowest BCUT2D eigenvalue weighted by atomic mass is 10.1. The van der Waals surface area contributed by atoms with Gasteiger partial charge in [0.15, 0.2) is 0 Å². The topological polar surface area (TPSA) is 21.3 Å². The molecule has 2 aromatic rings. The zero-order valence-corrected chi connectivity index (χ0v) is 13.1. The first-order valence-electron chi connectivity index (χ1n) is 6.55. The lowest BCUT2D eigenvalue weighted by Crippen LogP contribution is -2.10. The highest BCUT2D eigenvalue weighted by molar-refractivity contribution is 9.10. The molecule has 2 nitrogen and oxygen atoms in total. The third kappa shape index (κ3) is 3.51. The predicted molar refractivity (Wildman–Crippen MR) is 83.7 cm³/mol. The number of nitrogens with one attached hydrogen (secondary N) is 1. The zero-order valence-electron chi connectivity index (χ0n) is 11.5. The third-order valence-electron chi connectivity index (χ3n) is 2.98. The van der Waals surface area contributed by atoms with Crippen LogP contribution in [0, 0.1) is 5.82 Å². The standard InChI is InChI=1S/C16H17BrFNO/c1-3-20-16-7-5-4-6-15(16)19-11(2)13-10-12(17)8-9-14(13)18/h4-11,19H,3H2,1-2H3. The molecule has 0 saturated carbocycles.